The van der Waals surface area contributed by atoms with Gasteiger partial charge in [-0.2, -0.15) is 0 Å². The fourth-order valence-corrected chi connectivity index (χ4v) is 1.37. The zero-order valence-electron chi connectivity index (χ0n) is 9.62. The number of aromatic carboxylic acids is 1. The van der Waals surface area contributed by atoms with E-state index in [0.717, 1.165) is 0 Å². The first-order valence-corrected chi connectivity index (χ1v) is 5.16. The van der Waals surface area contributed by atoms with Crippen molar-refractivity contribution in [3.8, 4) is 5.75 Å². The van der Waals surface area contributed by atoms with Crippen LogP contribution in [0.1, 0.15) is 10.4 Å². The first kappa shape index (κ1) is 11.8. The number of anilines is 2. The number of benzene rings is 1. The Hall–Kier alpha value is -2.63. The Balaban J connectivity index is 2.21. The van der Waals surface area contributed by atoms with Gasteiger partial charge in [0, 0.05) is 12.4 Å². The van der Waals surface area contributed by atoms with Crippen LogP contribution in [-0.2, 0) is 0 Å². The van der Waals surface area contributed by atoms with Crippen LogP contribution < -0.4 is 10.1 Å². The third-order valence-corrected chi connectivity index (χ3v) is 2.25. The number of hydrogen-bond donors (Lipinski definition) is 2. The summed E-state index contributed by atoms with van der Waals surface area (Å²) < 4.78 is 5.17. The number of nitrogens with one attached hydrogen (secondary N) is 1. The van der Waals surface area contributed by atoms with Gasteiger partial charge in [0.1, 0.15) is 5.75 Å². The predicted molar refractivity (Wildman–Crippen MR) is 65.3 cm³/mol. The molecule has 6 heteroatoms. The normalized spacial score (nSPS) is 9.83. The molecule has 1 aromatic carbocycles. The Bertz CT molecular complexity index is 555. The lowest BCUT2D eigenvalue weighted by Gasteiger charge is -2.09. The molecule has 0 unspecified atom stereocenters. The summed E-state index contributed by atoms with van der Waals surface area (Å²) in [6.07, 6.45) is 2.49. The number of hydrogen-bond acceptors (Lipinski definition) is 5. The average Bonchev–Trinajstić information content (AvgIpc) is 2.40. The fourth-order valence-electron chi connectivity index (χ4n) is 1.37. The molecule has 18 heavy (non-hydrogen) atoms. The molecule has 92 valence electrons. The zero-order valence-corrected chi connectivity index (χ0v) is 9.62. The van der Waals surface area contributed by atoms with Gasteiger partial charge in [0.2, 0.25) is 5.95 Å². The predicted octanol–water partition coefficient (Wildman–Crippen LogP) is 1.93. The molecular formula is C12H11N3O3. The molecule has 0 aliphatic heterocycles. The number of aromatic nitrogens is 2. The maximum absolute atomic E-state index is 10.7. The average molecular weight is 245 g/mol. The van der Waals surface area contributed by atoms with Gasteiger partial charge in [-0.25, -0.2) is 14.8 Å². The largest absolute Gasteiger partial charge is 0.495 e. The van der Waals surface area contributed by atoms with Gasteiger partial charge >= 0.3 is 5.97 Å². The Morgan fingerprint density at radius 3 is 2.56 bits per heavy atom. The molecule has 2 aromatic rings. The molecule has 6 nitrogen and oxygen atoms in total. The van der Waals surface area contributed by atoms with E-state index in [1.165, 1.54) is 12.4 Å². The zero-order chi connectivity index (χ0) is 13.0. The van der Waals surface area contributed by atoms with Crippen molar-refractivity contribution >= 4 is 17.6 Å². The quantitative estimate of drug-likeness (QED) is 0.856. The lowest BCUT2D eigenvalue weighted by molar-refractivity contribution is 0.0696. The molecule has 0 radical (unpaired) electrons. The molecule has 0 aliphatic carbocycles. The van der Waals surface area contributed by atoms with Crippen LogP contribution in [-0.4, -0.2) is 28.2 Å². The Morgan fingerprint density at radius 1 is 1.28 bits per heavy atom. The molecule has 0 saturated carbocycles. The molecule has 1 heterocycles. The second kappa shape index (κ2) is 5.13. The van der Waals surface area contributed by atoms with Gasteiger partial charge in [0.25, 0.3) is 0 Å². The molecule has 0 amide bonds. The topological polar surface area (TPSA) is 84.3 Å². The van der Waals surface area contributed by atoms with Crippen LogP contribution in [0.15, 0.2) is 36.7 Å². The van der Waals surface area contributed by atoms with Crippen LogP contribution >= 0.6 is 0 Å². The summed E-state index contributed by atoms with van der Waals surface area (Å²) in [6, 6.07) is 7.30. The number of nitrogens with zero attached hydrogens (tertiary/aromatic N) is 2. The lowest BCUT2D eigenvalue weighted by atomic mass is 10.3. The van der Waals surface area contributed by atoms with Gasteiger partial charge < -0.3 is 15.2 Å². The molecule has 0 saturated heterocycles. The van der Waals surface area contributed by atoms with Crippen molar-refractivity contribution in [2.24, 2.45) is 0 Å². The lowest BCUT2D eigenvalue weighted by Crippen LogP contribution is -2.02. The van der Waals surface area contributed by atoms with Crippen LogP contribution in [0.5, 0.6) is 5.75 Å². The minimum absolute atomic E-state index is 0.0422. The number of para-hydroxylation sites is 2. The van der Waals surface area contributed by atoms with Crippen molar-refractivity contribution in [3.63, 3.8) is 0 Å². The number of ether oxygens (including phenoxy) is 1. The second-order valence-electron chi connectivity index (χ2n) is 3.43. The van der Waals surface area contributed by atoms with Crippen LogP contribution in [0, 0.1) is 0 Å². The van der Waals surface area contributed by atoms with E-state index < -0.39 is 5.97 Å². The highest BCUT2D eigenvalue weighted by molar-refractivity contribution is 5.86. The van der Waals surface area contributed by atoms with Crippen molar-refractivity contribution in [2.75, 3.05) is 12.4 Å². The number of rotatable bonds is 4. The fraction of sp³-hybridized carbons (Fsp3) is 0.0833. The van der Waals surface area contributed by atoms with E-state index in [1.807, 2.05) is 18.2 Å². The maximum atomic E-state index is 10.7. The minimum Gasteiger partial charge on any atom is -0.495 e. The molecule has 0 fully saturated rings. The van der Waals surface area contributed by atoms with Crippen molar-refractivity contribution in [1.82, 2.24) is 9.97 Å². The molecule has 1 aromatic heterocycles. The molecule has 2 rings (SSSR count). The third-order valence-electron chi connectivity index (χ3n) is 2.25. The number of methoxy groups -OCH3 is 1. The van der Waals surface area contributed by atoms with E-state index in [1.54, 1.807) is 13.2 Å². The molecular weight excluding hydrogens is 234 g/mol. The summed E-state index contributed by atoms with van der Waals surface area (Å²) in [5.41, 5.74) is 0.753. The Labute approximate surface area is 103 Å². The molecule has 0 spiro atoms. The van der Waals surface area contributed by atoms with Crippen LogP contribution in [0.3, 0.4) is 0 Å². The number of carboxylic acid groups (broad SMARTS) is 1. The van der Waals surface area contributed by atoms with Crippen molar-refractivity contribution in [3.05, 3.63) is 42.2 Å². The van der Waals surface area contributed by atoms with Gasteiger partial charge in [-0.05, 0) is 12.1 Å². The summed E-state index contributed by atoms with van der Waals surface area (Å²) in [5, 5.41) is 11.7. The first-order valence-electron chi connectivity index (χ1n) is 5.16. The monoisotopic (exact) mass is 245 g/mol. The maximum Gasteiger partial charge on any atom is 0.338 e. The van der Waals surface area contributed by atoms with Crippen molar-refractivity contribution < 1.29 is 14.6 Å². The highest BCUT2D eigenvalue weighted by atomic mass is 16.5. The Morgan fingerprint density at radius 2 is 1.94 bits per heavy atom. The van der Waals surface area contributed by atoms with E-state index in [0.29, 0.717) is 17.4 Å². The molecule has 2 N–H and O–H groups in total. The highest BCUT2D eigenvalue weighted by Gasteiger charge is 2.06. The highest BCUT2D eigenvalue weighted by Crippen LogP contribution is 2.25. The number of carboxylic acids is 1. The van der Waals surface area contributed by atoms with Gasteiger partial charge in [-0.3, -0.25) is 0 Å². The number of carbonyl (C=O) groups is 1. The van der Waals surface area contributed by atoms with Crippen LogP contribution in [0.4, 0.5) is 11.6 Å². The summed E-state index contributed by atoms with van der Waals surface area (Å²) in [4.78, 5) is 18.5. The summed E-state index contributed by atoms with van der Waals surface area (Å²) in [5.74, 6) is -0.0910. The van der Waals surface area contributed by atoms with E-state index in [9.17, 15) is 4.79 Å². The van der Waals surface area contributed by atoms with E-state index >= 15 is 0 Å². The molecule has 0 atom stereocenters. The van der Waals surface area contributed by atoms with Crippen molar-refractivity contribution in [2.45, 2.75) is 0 Å². The van der Waals surface area contributed by atoms with Gasteiger partial charge in [0.05, 0.1) is 18.4 Å². The van der Waals surface area contributed by atoms with E-state index in [4.69, 9.17) is 9.84 Å². The standard InChI is InChI=1S/C12H11N3O3/c1-18-10-5-3-2-4-9(10)15-12-13-6-8(7-14-12)11(16)17/h2-7H,1H3,(H,16,17)(H,13,14,15). The first-order chi connectivity index (χ1) is 8.70. The van der Waals surface area contributed by atoms with Crippen LogP contribution in [0.2, 0.25) is 0 Å². The van der Waals surface area contributed by atoms with E-state index in [-0.39, 0.29) is 5.56 Å². The second-order valence-corrected chi connectivity index (χ2v) is 3.43. The third kappa shape index (κ3) is 2.54. The van der Waals surface area contributed by atoms with E-state index in [2.05, 4.69) is 15.3 Å². The summed E-state index contributed by atoms with van der Waals surface area (Å²) in [6.45, 7) is 0. The SMILES string of the molecule is COc1ccccc1Nc1ncc(C(=O)O)cn1. The van der Waals surface area contributed by atoms with Gasteiger partial charge in [-0.15, -0.1) is 0 Å². The van der Waals surface area contributed by atoms with Crippen molar-refractivity contribution in [1.29, 1.82) is 0 Å². The summed E-state index contributed by atoms with van der Waals surface area (Å²) in [7, 11) is 1.56. The molecule has 0 aliphatic rings. The Kier molecular flexibility index (Phi) is 3.38. The van der Waals surface area contributed by atoms with Crippen LogP contribution in [0.25, 0.3) is 0 Å². The smallest absolute Gasteiger partial charge is 0.338 e. The minimum atomic E-state index is -1.06. The van der Waals surface area contributed by atoms with Gasteiger partial charge in [0.15, 0.2) is 0 Å². The summed E-state index contributed by atoms with van der Waals surface area (Å²) >= 11 is 0. The molecule has 0 bridgehead atoms. The van der Waals surface area contributed by atoms with Gasteiger partial charge in [-0.1, -0.05) is 12.1 Å².